The van der Waals surface area contributed by atoms with E-state index in [9.17, 15) is 18.6 Å². The van der Waals surface area contributed by atoms with Crippen molar-refractivity contribution in [3.63, 3.8) is 0 Å². The molecular formula is C29H33N7O4S. The average Bonchev–Trinajstić information content (AvgIpc) is 3.26. The summed E-state index contributed by atoms with van der Waals surface area (Å²) in [7, 11) is -1.61. The molecule has 1 amide bonds. The standard InChI is InChI=1S/C29H33N7O4S/c1-19-5-8-25(20(2)16-19)41(40)29-27-30-28(39)23-7-6-21(17-24(23)36(27)32-31-29)34-14-12-33(13-15-34)18-26(38)35-10-3-4-22(37)9-11-35/h5-8,16-17,32H,3-4,9-15,18H2,1-2H3. The van der Waals surface area contributed by atoms with Crippen LogP contribution in [0.25, 0.3) is 16.6 Å². The highest BCUT2D eigenvalue weighted by atomic mass is 32.2. The number of Topliss-reactive ketones (excluding diaryl/α,β-unsaturated/α-hetero) is 1. The second-order valence-corrected chi connectivity index (χ2v) is 12.2. The lowest BCUT2D eigenvalue weighted by Gasteiger charge is -2.36. The largest absolute Gasteiger partial charge is 0.369 e. The fourth-order valence-electron chi connectivity index (χ4n) is 5.70. The van der Waals surface area contributed by atoms with Crippen LogP contribution in [-0.2, 0) is 20.4 Å². The number of H-pyrrole nitrogens is 1. The molecule has 4 aromatic rings. The Morgan fingerprint density at radius 3 is 2.56 bits per heavy atom. The maximum Gasteiger partial charge on any atom is 0.281 e. The van der Waals surface area contributed by atoms with Gasteiger partial charge in [0.05, 0.1) is 17.4 Å². The van der Waals surface area contributed by atoms with E-state index >= 15 is 0 Å². The van der Waals surface area contributed by atoms with Gasteiger partial charge in [-0.1, -0.05) is 17.7 Å². The number of hydrogen-bond donors (Lipinski definition) is 1. The van der Waals surface area contributed by atoms with Gasteiger partial charge in [-0.3, -0.25) is 19.3 Å². The van der Waals surface area contributed by atoms with E-state index in [1.54, 1.807) is 10.6 Å². The average molecular weight is 576 g/mol. The summed E-state index contributed by atoms with van der Waals surface area (Å²) >= 11 is 0. The molecule has 0 bridgehead atoms. The lowest BCUT2D eigenvalue weighted by Crippen LogP contribution is -2.50. The summed E-state index contributed by atoms with van der Waals surface area (Å²) in [6, 6.07) is 11.3. The Labute approximate surface area is 239 Å². The van der Waals surface area contributed by atoms with Crippen LogP contribution in [0, 0.1) is 13.8 Å². The van der Waals surface area contributed by atoms with Gasteiger partial charge in [0.25, 0.3) is 5.56 Å². The molecular weight excluding hydrogens is 542 g/mol. The molecule has 214 valence electrons. The molecule has 41 heavy (non-hydrogen) atoms. The number of hydrogen-bond acceptors (Lipinski definition) is 8. The number of nitrogens with zero attached hydrogens (tertiary/aromatic N) is 6. The predicted octanol–water partition coefficient (Wildman–Crippen LogP) is 2.06. The summed E-state index contributed by atoms with van der Waals surface area (Å²) in [5.74, 6) is 0.321. The number of carbonyl (C=O) groups excluding carboxylic acids is 2. The Hall–Kier alpha value is -3.90. The number of ketones is 1. The van der Waals surface area contributed by atoms with E-state index in [4.69, 9.17) is 0 Å². The summed E-state index contributed by atoms with van der Waals surface area (Å²) in [6.45, 7) is 8.32. The van der Waals surface area contributed by atoms with Crippen molar-refractivity contribution in [3.05, 3.63) is 57.9 Å². The summed E-state index contributed by atoms with van der Waals surface area (Å²) in [5, 5.41) is 7.90. The molecule has 0 spiro atoms. The monoisotopic (exact) mass is 575 g/mol. The molecule has 11 nitrogen and oxygen atoms in total. The molecule has 2 aliphatic rings. The third-order valence-corrected chi connectivity index (χ3v) is 9.50. The smallest absolute Gasteiger partial charge is 0.281 e. The van der Waals surface area contributed by atoms with Crippen LogP contribution >= 0.6 is 0 Å². The van der Waals surface area contributed by atoms with Crippen molar-refractivity contribution >= 4 is 44.7 Å². The number of piperazine rings is 1. The maximum absolute atomic E-state index is 13.5. The van der Waals surface area contributed by atoms with Crippen molar-refractivity contribution in [2.75, 3.05) is 50.7 Å². The fraction of sp³-hybridized carbons (Fsp3) is 0.414. The van der Waals surface area contributed by atoms with Crippen molar-refractivity contribution in [2.45, 2.75) is 43.0 Å². The van der Waals surface area contributed by atoms with Crippen LogP contribution in [0.3, 0.4) is 0 Å². The zero-order valence-corrected chi connectivity index (χ0v) is 24.1. The second kappa shape index (κ2) is 11.2. The highest BCUT2D eigenvalue weighted by Crippen LogP contribution is 2.25. The minimum atomic E-state index is -1.61. The molecule has 0 radical (unpaired) electrons. The number of fused-ring (bicyclic) bond motifs is 3. The van der Waals surface area contributed by atoms with Gasteiger partial charge in [0.1, 0.15) is 16.6 Å². The summed E-state index contributed by atoms with van der Waals surface area (Å²) < 4.78 is 15.1. The molecule has 2 aromatic carbocycles. The number of benzene rings is 2. The van der Waals surface area contributed by atoms with Gasteiger partial charge >= 0.3 is 0 Å². The van der Waals surface area contributed by atoms with Crippen LogP contribution < -0.4 is 10.5 Å². The van der Waals surface area contributed by atoms with E-state index in [2.05, 4.69) is 25.1 Å². The zero-order valence-electron chi connectivity index (χ0n) is 23.3. The van der Waals surface area contributed by atoms with Crippen LogP contribution in [0.2, 0.25) is 0 Å². The second-order valence-electron chi connectivity index (χ2n) is 10.9. The molecule has 1 unspecified atom stereocenters. The SMILES string of the molecule is Cc1ccc(S(=O)c2n[nH]n3c2nc(=O)c2ccc(N4CCN(CC(=O)N5CCCC(=O)CC5)CC4)cc23)c(C)c1. The molecule has 1 N–H and O–H groups in total. The maximum atomic E-state index is 13.5. The molecule has 2 aromatic heterocycles. The van der Waals surface area contributed by atoms with E-state index in [-0.39, 0.29) is 22.4 Å². The first kappa shape index (κ1) is 27.3. The molecule has 12 heteroatoms. The number of amides is 1. The molecule has 1 atom stereocenters. The zero-order chi connectivity index (χ0) is 28.7. The molecule has 2 saturated heterocycles. The Morgan fingerprint density at radius 2 is 1.78 bits per heavy atom. The van der Waals surface area contributed by atoms with Crippen molar-refractivity contribution < 1.29 is 13.8 Å². The normalized spacial score (nSPS) is 17.8. The molecule has 0 aliphatic carbocycles. The minimum absolute atomic E-state index is 0.0846. The molecule has 4 heterocycles. The number of nitrogens with one attached hydrogen (secondary N) is 1. The first-order valence-electron chi connectivity index (χ1n) is 14.0. The number of rotatable bonds is 5. The first-order chi connectivity index (χ1) is 19.8. The van der Waals surface area contributed by atoms with Crippen molar-refractivity contribution in [2.24, 2.45) is 0 Å². The quantitative estimate of drug-likeness (QED) is 0.384. The van der Waals surface area contributed by atoms with Crippen molar-refractivity contribution in [1.29, 1.82) is 0 Å². The first-order valence-corrected chi connectivity index (χ1v) is 15.1. The van der Waals surface area contributed by atoms with Crippen molar-refractivity contribution in [1.82, 2.24) is 29.6 Å². The summed E-state index contributed by atoms with van der Waals surface area (Å²) in [5.41, 5.74) is 3.37. The van der Waals surface area contributed by atoms with Gasteiger partial charge in [-0.15, -0.1) is 5.10 Å². The molecule has 6 rings (SSSR count). The van der Waals surface area contributed by atoms with Crippen LogP contribution in [0.4, 0.5) is 5.69 Å². The lowest BCUT2D eigenvalue weighted by atomic mass is 10.2. The number of aromatic nitrogens is 4. The Kier molecular flexibility index (Phi) is 7.43. The van der Waals surface area contributed by atoms with Gasteiger partial charge in [-0.05, 0) is 50.1 Å². The fourth-order valence-corrected chi connectivity index (χ4v) is 6.88. The minimum Gasteiger partial charge on any atom is -0.369 e. The number of aromatic amines is 1. The number of carbonyl (C=O) groups is 2. The van der Waals surface area contributed by atoms with Gasteiger partial charge in [-0.25, -0.2) is 13.9 Å². The topological polar surface area (TPSA) is 124 Å². The Balaban J connectivity index is 1.21. The third kappa shape index (κ3) is 5.41. The highest BCUT2D eigenvalue weighted by molar-refractivity contribution is 7.85. The van der Waals surface area contributed by atoms with E-state index in [1.807, 2.05) is 49.1 Å². The van der Waals surface area contributed by atoms with E-state index in [0.29, 0.717) is 48.3 Å². The number of anilines is 1. The van der Waals surface area contributed by atoms with Crippen LogP contribution in [0.5, 0.6) is 0 Å². The highest BCUT2D eigenvalue weighted by Gasteiger charge is 2.25. The molecule has 2 fully saturated rings. The van der Waals surface area contributed by atoms with Gasteiger partial charge < -0.3 is 9.80 Å². The summed E-state index contributed by atoms with van der Waals surface area (Å²) in [6.07, 6.45) is 1.75. The van der Waals surface area contributed by atoms with Gasteiger partial charge in [0, 0.05) is 62.7 Å². The van der Waals surface area contributed by atoms with Crippen LogP contribution in [0.15, 0.2) is 51.1 Å². The van der Waals surface area contributed by atoms with Gasteiger partial charge in [0.15, 0.2) is 10.7 Å². The predicted molar refractivity (Wildman–Crippen MR) is 156 cm³/mol. The Bertz CT molecular complexity index is 1740. The van der Waals surface area contributed by atoms with E-state index in [1.165, 1.54) is 0 Å². The van der Waals surface area contributed by atoms with E-state index < -0.39 is 16.4 Å². The molecule has 2 aliphatic heterocycles. The Morgan fingerprint density at radius 1 is 0.976 bits per heavy atom. The summed E-state index contributed by atoms with van der Waals surface area (Å²) in [4.78, 5) is 48.6. The van der Waals surface area contributed by atoms with Gasteiger partial charge in [0.2, 0.25) is 5.91 Å². The van der Waals surface area contributed by atoms with Crippen LogP contribution in [-0.4, -0.2) is 91.3 Å². The van der Waals surface area contributed by atoms with Gasteiger partial charge in [-0.2, -0.15) is 4.98 Å². The van der Waals surface area contributed by atoms with Crippen LogP contribution in [0.1, 0.15) is 30.4 Å². The molecule has 0 saturated carbocycles. The number of aryl methyl sites for hydroxylation is 2. The van der Waals surface area contributed by atoms with E-state index in [0.717, 1.165) is 49.4 Å². The van der Waals surface area contributed by atoms with Crippen molar-refractivity contribution in [3.8, 4) is 0 Å². The number of likely N-dealkylation sites (tertiary alicyclic amines) is 1. The third-order valence-electron chi connectivity index (χ3n) is 8.01. The lowest BCUT2D eigenvalue weighted by molar-refractivity contribution is -0.132.